The number of rotatable bonds is 2. The summed E-state index contributed by atoms with van der Waals surface area (Å²) in [5.41, 5.74) is 0. The Morgan fingerprint density at radius 2 is 2.11 bits per heavy atom. The number of anilines is 2. The number of piperidine rings is 1. The first-order chi connectivity index (χ1) is 8.52. The molecule has 3 unspecified atom stereocenters. The van der Waals surface area contributed by atoms with Crippen LogP contribution in [0.3, 0.4) is 0 Å². The number of halogens is 1. The predicted molar refractivity (Wildman–Crippen MR) is 79.0 cm³/mol. The van der Waals surface area contributed by atoms with E-state index in [1.165, 1.54) is 6.42 Å². The lowest BCUT2D eigenvalue weighted by molar-refractivity contribution is 0.295. The third-order valence-corrected chi connectivity index (χ3v) is 4.38. The average Bonchev–Trinajstić information content (AvgIpc) is 2.34. The van der Waals surface area contributed by atoms with E-state index in [4.69, 9.17) is 0 Å². The molecular weight excluding hydrogens is 292 g/mol. The molecule has 0 bridgehead atoms. The van der Waals surface area contributed by atoms with Crippen molar-refractivity contribution in [3.63, 3.8) is 0 Å². The van der Waals surface area contributed by atoms with Gasteiger partial charge in [0.1, 0.15) is 5.82 Å². The van der Waals surface area contributed by atoms with Crippen LogP contribution < -0.4 is 10.2 Å². The van der Waals surface area contributed by atoms with Crippen molar-refractivity contribution < 1.29 is 0 Å². The summed E-state index contributed by atoms with van der Waals surface area (Å²) >= 11 is 3.57. The normalized spacial score (nSPS) is 28.3. The summed E-state index contributed by atoms with van der Waals surface area (Å²) in [6, 6.07) is 0.511. The second kappa shape index (κ2) is 5.43. The molecule has 1 fully saturated rings. The fraction of sp³-hybridized carbons (Fsp3) is 0.692. The van der Waals surface area contributed by atoms with Crippen molar-refractivity contribution in [2.45, 2.75) is 33.2 Å². The van der Waals surface area contributed by atoms with Crippen molar-refractivity contribution >= 4 is 27.7 Å². The van der Waals surface area contributed by atoms with Crippen molar-refractivity contribution in [1.29, 1.82) is 0 Å². The summed E-state index contributed by atoms with van der Waals surface area (Å²) < 4.78 is 0.967. The Morgan fingerprint density at radius 1 is 1.39 bits per heavy atom. The Hall–Kier alpha value is -0.840. The number of nitrogens with one attached hydrogen (secondary N) is 1. The van der Waals surface area contributed by atoms with E-state index in [-0.39, 0.29) is 0 Å². The van der Waals surface area contributed by atoms with E-state index in [9.17, 15) is 0 Å². The van der Waals surface area contributed by atoms with Crippen LogP contribution in [0.2, 0.25) is 0 Å². The van der Waals surface area contributed by atoms with Gasteiger partial charge >= 0.3 is 0 Å². The molecule has 100 valence electrons. The third-order valence-electron chi connectivity index (χ3n) is 3.82. The lowest BCUT2D eigenvalue weighted by atomic mass is 9.86. The molecule has 0 radical (unpaired) electrons. The van der Waals surface area contributed by atoms with Crippen molar-refractivity contribution in [2.24, 2.45) is 11.8 Å². The van der Waals surface area contributed by atoms with E-state index in [1.807, 2.05) is 13.2 Å². The lowest BCUT2D eigenvalue weighted by Gasteiger charge is -2.42. The molecule has 3 atom stereocenters. The van der Waals surface area contributed by atoms with E-state index in [1.54, 1.807) is 0 Å². The van der Waals surface area contributed by atoms with Gasteiger partial charge in [-0.3, -0.25) is 0 Å². The Labute approximate surface area is 117 Å². The van der Waals surface area contributed by atoms with Crippen LogP contribution in [0, 0.1) is 11.8 Å². The van der Waals surface area contributed by atoms with Crippen LogP contribution in [0.25, 0.3) is 0 Å². The van der Waals surface area contributed by atoms with Gasteiger partial charge < -0.3 is 10.2 Å². The van der Waals surface area contributed by atoms with E-state index in [2.05, 4.69) is 56.9 Å². The summed E-state index contributed by atoms with van der Waals surface area (Å²) in [5, 5.41) is 3.00. The maximum Gasteiger partial charge on any atom is 0.224 e. The monoisotopic (exact) mass is 312 g/mol. The van der Waals surface area contributed by atoms with Gasteiger partial charge in [-0.2, -0.15) is 4.98 Å². The molecule has 4 nitrogen and oxygen atoms in total. The lowest BCUT2D eigenvalue weighted by Crippen LogP contribution is -2.46. The van der Waals surface area contributed by atoms with E-state index in [0.717, 1.165) is 16.8 Å². The maximum atomic E-state index is 4.59. The Morgan fingerprint density at radius 3 is 2.78 bits per heavy atom. The van der Waals surface area contributed by atoms with Crippen LogP contribution in [0.4, 0.5) is 11.8 Å². The average molecular weight is 313 g/mol. The van der Waals surface area contributed by atoms with Gasteiger partial charge in [-0.1, -0.05) is 13.8 Å². The van der Waals surface area contributed by atoms with Gasteiger partial charge in [-0.05, 0) is 41.1 Å². The minimum atomic E-state index is 0.511. The molecule has 0 spiro atoms. The molecule has 0 aliphatic carbocycles. The molecule has 18 heavy (non-hydrogen) atoms. The quantitative estimate of drug-likeness (QED) is 0.910. The van der Waals surface area contributed by atoms with E-state index in [0.29, 0.717) is 23.8 Å². The van der Waals surface area contributed by atoms with Gasteiger partial charge in [0.25, 0.3) is 0 Å². The SMILES string of the molecule is CNc1ncc(Br)c(N2CC(C)CC(C)C2C)n1. The number of hydrogen-bond acceptors (Lipinski definition) is 4. The smallest absolute Gasteiger partial charge is 0.224 e. The summed E-state index contributed by atoms with van der Waals surface area (Å²) in [7, 11) is 1.85. The molecule has 1 aliphatic rings. The van der Waals surface area contributed by atoms with Gasteiger partial charge in [0, 0.05) is 25.8 Å². The molecule has 0 amide bonds. The zero-order chi connectivity index (χ0) is 13.3. The van der Waals surface area contributed by atoms with Gasteiger partial charge in [0.15, 0.2) is 0 Å². The van der Waals surface area contributed by atoms with Crippen LogP contribution in [-0.2, 0) is 0 Å². The van der Waals surface area contributed by atoms with Gasteiger partial charge in [0.2, 0.25) is 5.95 Å². The topological polar surface area (TPSA) is 41.1 Å². The van der Waals surface area contributed by atoms with Gasteiger partial charge in [-0.25, -0.2) is 4.98 Å². The number of nitrogens with zero attached hydrogens (tertiary/aromatic N) is 3. The summed E-state index contributed by atoms with van der Waals surface area (Å²) in [5.74, 6) is 3.07. The first kappa shape index (κ1) is 13.6. The maximum absolute atomic E-state index is 4.59. The molecule has 1 aromatic rings. The van der Waals surface area contributed by atoms with E-state index < -0.39 is 0 Å². The molecule has 5 heteroatoms. The minimum Gasteiger partial charge on any atom is -0.357 e. The third kappa shape index (κ3) is 2.60. The molecule has 1 aromatic heterocycles. The van der Waals surface area contributed by atoms with Crippen molar-refractivity contribution in [1.82, 2.24) is 9.97 Å². The van der Waals surface area contributed by atoms with Crippen LogP contribution in [0.15, 0.2) is 10.7 Å². The standard InChI is InChI=1S/C13H21BrN4/c1-8-5-9(2)10(3)18(7-8)12-11(14)6-16-13(15-4)17-12/h6,8-10H,5,7H2,1-4H3,(H,15,16,17). The minimum absolute atomic E-state index is 0.511. The fourth-order valence-electron chi connectivity index (χ4n) is 2.67. The largest absolute Gasteiger partial charge is 0.357 e. The molecule has 1 aliphatic heterocycles. The molecular formula is C13H21BrN4. The molecule has 2 rings (SSSR count). The Kier molecular flexibility index (Phi) is 4.10. The van der Waals surface area contributed by atoms with Crippen molar-refractivity contribution in [3.8, 4) is 0 Å². The van der Waals surface area contributed by atoms with Crippen LogP contribution in [0.1, 0.15) is 27.2 Å². The van der Waals surface area contributed by atoms with E-state index >= 15 is 0 Å². The predicted octanol–water partition coefficient (Wildman–Crippen LogP) is 3.15. The first-order valence-electron chi connectivity index (χ1n) is 6.49. The second-order valence-corrected chi connectivity index (χ2v) is 6.18. The second-order valence-electron chi connectivity index (χ2n) is 5.33. The number of hydrogen-bond donors (Lipinski definition) is 1. The van der Waals surface area contributed by atoms with Crippen molar-refractivity contribution in [2.75, 3.05) is 23.8 Å². The highest BCUT2D eigenvalue weighted by molar-refractivity contribution is 9.10. The molecule has 1 saturated heterocycles. The summed E-state index contributed by atoms with van der Waals surface area (Å²) in [6.45, 7) is 7.97. The molecule has 0 aromatic carbocycles. The Bertz CT molecular complexity index is 423. The zero-order valence-electron chi connectivity index (χ0n) is 11.4. The highest BCUT2D eigenvalue weighted by Gasteiger charge is 2.30. The van der Waals surface area contributed by atoms with Crippen LogP contribution in [-0.4, -0.2) is 29.6 Å². The summed E-state index contributed by atoms with van der Waals surface area (Å²) in [6.07, 6.45) is 3.12. The number of aromatic nitrogens is 2. The van der Waals surface area contributed by atoms with Gasteiger partial charge in [0.05, 0.1) is 4.47 Å². The van der Waals surface area contributed by atoms with Crippen LogP contribution >= 0.6 is 15.9 Å². The molecule has 2 heterocycles. The first-order valence-corrected chi connectivity index (χ1v) is 7.29. The summed E-state index contributed by atoms with van der Waals surface area (Å²) in [4.78, 5) is 11.2. The molecule has 0 saturated carbocycles. The molecule has 1 N–H and O–H groups in total. The fourth-order valence-corrected chi connectivity index (χ4v) is 3.09. The van der Waals surface area contributed by atoms with Gasteiger partial charge in [-0.15, -0.1) is 0 Å². The Balaban J connectivity index is 2.34. The van der Waals surface area contributed by atoms with Crippen LogP contribution in [0.5, 0.6) is 0 Å². The van der Waals surface area contributed by atoms with Crippen molar-refractivity contribution in [3.05, 3.63) is 10.7 Å². The zero-order valence-corrected chi connectivity index (χ0v) is 13.0. The highest BCUT2D eigenvalue weighted by atomic mass is 79.9. The highest BCUT2D eigenvalue weighted by Crippen LogP contribution is 2.34.